The number of hydrogen-bond acceptors (Lipinski definition) is 5. The number of benzene rings is 4. The highest BCUT2D eigenvalue weighted by Gasteiger charge is 2.05. The van der Waals surface area contributed by atoms with Crippen LogP contribution in [0.5, 0.6) is 11.5 Å². The van der Waals surface area contributed by atoms with Crippen molar-refractivity contribution in [1.82, 2.24) is 0 Å². The Hall–Kier alpha value is -3.86. The normalized spacial score (nSPS) is 10.2. The predicted octanol–water partition coefficient (Wildman–Crippen LogP) is 7.31. The lowest BCUT2D eigenvalue weighted by molar-refractivity contribution is -0.134. The third-order valence-corrected chi connectivity index (χ3v) is 4.87. The van der Waals surface area contributed by atoms with E-state index in [-0.39, 0.29) is 5.97 Å². The zero-order valence-corrected chi connectivity index (χ0v) is 19.0. The van der Waals surface area contributed by atoms with E-state index in [4.69, 9.17) is 14.2 Å². The molecule has 0 saturated heterocycles. The minimum atomic E-state index is -0.669. The number of esters is 1. The van der Waals surface area contributed by atoms with E-state index in [0.29, 0.717) is 24.5 Å². The van der Waals surface area contributed by atoms with Crippen molar-refractivity contribution in [3.8, 4) is 11.5 Å². The van der Waals surface area contributed by atoms with E-state index in [1.54, 1.807) is 13.0 Å². The summed E-state index contributed by atoms with van der Waals surface area (Å²) in [5, 5.41) is 4.39. The standard InChI is InChI=1S/C15H16O2.C13H12O3/c1-2-3-8-15(16)17-14-10-9-12-6-4-5-7-13(12)11-14;1-2-15-13(14)16-12-8-7-10-5-3-4-6-11(10)9-12/h4-7,9-11H,2-3,8H2,1H3;3-9H,2H2,1H3. The molecular formula is C28H28O5. The molecule has 4 rings (SSSR count). The van der Waals surface area contributed by atoms with Gasteiger partial charge in [0.2, 0.25) is 0 Å². The molecule has 0 atom stereocenters. The van der Waals surface area contributed by atoms with E-state index in [1.807, 2.05) is 78.9 Å². The molecule has 4 aromatic carbocycles. The van der Waals surface area contributed by atoms with Gasteiger partial charge in [-0.25, -0.2) is 4.79 Å². The lowest BCUT2D eigenvalue weighted by atomic mass is 10.1. The summed E-state index contributed by atoms with van der Waals surface area (Å²) in [4.78, 5) is 22.6. The summed E-state index contributed by atoms with van der Waals surface area (Å²) in [6.07, 6.45) is 1.71. The van der Waals surface area contributed by atoms with Gasteiger partial charge in [-0.3, -0.25) is 4.79 Å². The zero-order chi connectivity index (χ0) is 23.5. The Morgan fingerprint density at radius 3 is 1.70 bits per heavy atom. The maximum Gasteiger partial charge on any atom is 0.513 e. The van der Waals surface area contributed by atoms with Gasteiger partial charge >= 0.3 is 12.1 Å². The van der Waals surface area contributed by atoms with Gasteiger partial charge in [-0.05, 0) is 59.2 Å². The van der Waals surface area contributed by atoms with E-state index >= 15 is 0 Å². The highest BCUT2D eigenvalue weighted by molar-refractivity contribution is 5.85. The first-order valence-corrected chi connectivity index (χ1v) is 11.1. The number of carbonyl (C=O) groups excluding carboxylic acids is 2. The van der Waals surface area contributed by atoms with Gasteiger partial charge in [-0.1, -0.05) is 74.0 Å². The highest BCUT2D eigenvalue weighted by Crippen LogP contribution is 2.22. The van der Waals surface area contributed by atoms with Crippen molar-refractivity contribution in [1.29, 1.82) is 0 Å². The Balaban J connectivity index is 0.000000186. The summed E-state index contributed by atoms with van der Waals surface area (Å²) in [5.41, 5.74) is 0. The molecule has 0 aliphatic heterocycles. The average molecular weight is 445 g/mol. The SMILES string of the molecule is CCCCC(=O)Oc1ccc2ccccc2c1.CCOC(=O)Oc1ccc2ccccc2c1. The number of unbranched alkanes of at least 4 members (excludes halogenated alkanes) is 1. The molecule has 33 heavy (non-hydrogen) atoms. The number of rotatable bonds is 6. The fraction of sp³-hybridized carbons (Fsp3) is 0.214. The first-order chi connectivity index (χ1) is 16.1. The minimum absolute atomic E-state index is 0.151. The van der Waals surface area contributed by atoms with Crippen molar-refractivity contribution in [3.63, 3.8) is 0 Å². The predicted molar refractivity (Wildman–Crippen MR) is 131 cm³/mol. The van der Waals surface area contributed by atoms with E-state index in [0.717, 1.165) is 34.4 Å². The van der Waals surface area contributed by atoms with E-state index in [1.165, 1.54) is 0 Å². The number of ether oxygens (including phenoxy) is 3. The van der Waals surface area contributed by atoms with Crippen LogP contribution in [0.25, 0.3) is 21.5 Å². The summed E-state index contributed by atoms with van der Waals surface area (Å²) in [7, 11) is 0. The van der Waals surface area contributed by atoms with Crippen molar-refractivity contribution >= 4 is 33.7 Å². The molecule has 0 amide bonds. The van der Waals surface area contributed by atoms with Crippen LogP contribution in [-0.4, -0.2) is 18.7 Å². The maximum absolute atomic E-state index is 11.5. The Morgan fingerprint density at radius 2 is 1.18 bits per heavy atom. The summed E-state index contributed by atoms with van der Waals surface area (Å²) in [6.45, 7) is 4.11. The van der Waals surface area contributed by atoms with Crippen molar-refractivity contribution in [2.24, 2.45) is 0 Å². The van der Waals surface area contributed by atoms with Crippen molar-refractivity contribution in [2.45, 2.75) is 33.1 Å². The summed E-state index contributed by atoms with van der Waals surface area (Å²) in [5.74, 6) is 0.976. The molecule has 0 aromatic heterocycles. The second kappa shape index (κ2) is 12.2. The smallest absolute Gasteiger partial charge is 0.434 e. The number of hydrogen-bond donors (Lipinski definition) is 0. The number of carbonyl (C=O) groups is 2. The Kier molecular flexibility index (Phi) is 8.83. The fourth-order valence-corrected chi connectivity index (χ4v) is 3.21. The Bertz CT molecular complexity index is 1220. The molecule has 0 aliphatic rings. The lowest BCUT2D eigenvalue weighted by Gasteiger charge is -2.05. The Morgan fingerprint density at radius 1 is 0.667 bits per heavy atom. The van der Waals surface area contributed by atoms with Gasteiger partial charge in [0.05, 0.1) is 6.61 Å². The molecule has 0 fully saturated rings. The molecule has 0 bridgehead atoms. The second-order valence-corrected chi connectivity index (χ2v) is 7.38. The lowest BCUT2D eigenvalue weighted by Crippen LogP contribution is -2.09. The minimum Gasteiger partial charge on any atom is -0.434 e. The Labute approximate surface area is 193 Å². The van der Waals surface area contributed by atoms with Crippen LogP contribution in [0.2, 0.25) is 0 Å². The van der Waals surface area contributed by atoms with Gasteiger partial charge in [-0.15, -0.1) is 0 Å². The summed E-state index contributed by atoms with van der Waals surface area (Å²) >= 11 is 0. The summed E-state index contributed by atoms with van der Waals surface area (Å²) < 4.78 is 15.0. The third kappa shape index (κ3) is 7.35. The van der Waals surface area contributed by atoms with Gasteiger partial charge < -0.3 is 14.2 Å². The van der Waals surface area contributed by atoms with Crippen LogP contribution in [0.15, 0.2) is 84.9 Å². The van der Waals surface area contributed by atoms with Crippen LogP contribution in [0.1, 0.15) is 33.1 Å². The molecule has 0 aliphatic carbocycles. The highest BCUT2D eigenvalue weighted by atomic mass is 16.7. The van der Waals surface area contributed by atoms with E-state index in [2.05, 4.69) is 6.92 Å². The van der Waals surface area contributed by atoms with Gasteiger partial charge in [-0.2, -0.15) is 0 Å². The molecular weight excluding hydrogens is 416 g/mol. The van der Waals surface area contributed by atoms with E-state index in [9.17, 15) is 9.59 Å². The molecule has 5 heteroatoms. The molecule has 170 valence electrons. The van der Waals surface area contributed by atoms with Crippen LogP contribution in [-0.2, 0) is 9.53 Å². The van der Waals surface area contributed by atoms with Gasteiger partial charge in [0.1, 0.15) is 11.5 Å². The second-order valence-electron chi connectivity index (χ2n) is 7.38. The number of fused-ring (bicyclic) bond motifs is 2. The molecule has 0 saturated carbocycles. The summed E-state index contributed by atoms with van der Waals surface area (Å²) in [6, 6.07) is 27.1. The zero-order valence-electron chi connectivity index (χ0n) is 19.0. The first kappa shape index (κ1) is 23.8. The largest absolute Gasteiger partial charge is 0.513 e. The molecule has 4 aromatic rings. The van der Waals surface area contributed by atoms with Crippen molar-refractivity contribution in [2.75, 3.05) is 6.61 Å². The topological polar surface area (TPSA) is 61.8 Å². The van der Waals surface area contributed by atoms with Crippen LogP contribution < -0.4 is 9.47 Å². The molecule has 0 heterocycles. The average Bonchev–Trinajstić information content (AvgIpc) is 2.83. The van der Waals surface area contributed by atoms with E-state index < -0.39 is 6.16 Å². The van der Waals surface area contributed by atoms with Crippen LogP contribution in [0.4, 0.5) is 4.79 Å². The van der Waals surface area contributed by atoms with Crippen molar-refractivity contribution in [3.05, 3.63) is 84.9 Å². The first-order valence-electron chi connectivity index (χ1n) is 11.1. The maximum atomic E-state index is 11.5. The van der Waals surface area contributed by atoms with Gasteiger partial charge in [0.15, 0.2) is 0 Å². The molecule has 5 nitrogen and oxygen atoms in total. The molecule has 0 radical (unpaired) electrons. The van der Waals surface area contributed by atoms with Crippen LogP contribution in [0, 0.1) is 0 Å². The van der Waals surface area contributed by atoms with Crippen LogP contribution in [0.3, 0.4) is 0 Å². The van der Waals surface area contributed by atoms with Crippen LogP contribution >= 0.6 is 0 Å². The van der Waals surface area contributed by atoms with Gasteiger partial charge in [0, 0.05) is 6.42 Å². The monoisotopic (exact) mass is 444 g/mol. The van der Waals surface area contributed by atoms with Crippen molar-refractivity contribution < 1.29 is 23.8 Å². The fourth-order valence-electron chi connectivity index (χ4n) is 3.21. The third-order valence-electron chi connectivity index (χ3n) is 4.87. The molecule has 0 spiro atoms. The molecule has 0 unspecified atom stereocenters. The molecule has 0 N–H and O–H groups in total. The van der Waals surface area contributed by atoms with Gasteiger partial charge in [0.25, 0.3) is 0 Å². The quantitative estimate of drug-likeness (QED) is 0.177.